The SMILES string of the molecule is CCC[C@@H](CO)NC(=O)[C@H](CC(C)C)NC(=O)OCc1ccccc1. The molecule has 2 amide bonds. The molecule has 0 aliphatic heterocycles. The lowest BCUT2D eigenvalue weighted by molar-refractivity contribution is -0.124. The van der Waals surface area contributed by atoms with Gasteiger partial charge in [0.2, 0.25) is 5.91 Å². The Balaban J connectivity index is 2.58. The van der Waals surface area contributed by atoms with E-state index in [1.54, 1.807) is 0 Å². The summed E-state index contributed by atoms with van der Waals surface area (Å²) in [6, 6.07) is 8.37. The van der Waals surface area contributed by atoms with E-state index in [1.807, 2.05) is 51.1 Å². The molecule has 25 heavy (non-hydrogen) atoms. The molecule has 0 spiro atoms. The first-order valence-corrected chi connectivity index (χ1v) is 8.84. The Morgan fingerprint density at radius 2 is 1.84 bits per heavy atom. The third-order valence-electron chi connectivity index (χ3n) is 3.73. The fourth-order valence-corrected chi connectivity index (χ4v) is 2.47. The van der Waals surface area contributed by atoms with Gasteiger partial charge >= 0.3 is 6.09 Å². The molecule has 0 saturated heterocycles. The summed E-state index contributed by atoms with van der Waals surface area (Å²) in [6.07, 6.45) is 1.42. The number of nitrogens with one attached hydrogen (secondary N) is 2. The number of ether oxygens (including phenoxy) is 1. The van der Waals surface area contributed by atoms with Crippen LogP contribution in [-0.2, 0) is 16.1 Å². The van der Waals surface area contributed by atoms with Crippen molar-refractivity contribution >= 4 is 12.0 Å². The van der Waals surface area contributed by atoms with E-state index < -0.39 is 12.1 Å². The van der Waals surface area contributed by atoms with E-state index in [9.17, 15) is 14.7 Å². The fourth-order valence-electron chi connectivity index (χ4n) is 2.47. The van der Waals surface area contributed by atoms with Crippen molar-refractivity contribution in [3.63, 3.8) is 0 Å². The summed E-state index contributed by atoms with van der Waals surface area (Å²) in [5.41, 5.74) is 0.880. The lowest BCUT2D eigenvalue weighted by atomic mass is 10.0. The summed E-state index contributed by atoms with van der Waals surface area (Å²) in [5.74, 6) is -0.0678. The molecule has 0 bridgehead atoms. The van der Waals surface area contributed by atoms with E-state index in [0.717, 1.165) is 12.0 Å². The topological polar surface area (TPSA) is 87.7 Å². The molecule has 0 saturated carbocycles. The molecule has 6 nitrogen and oxygen atoms in total. The van der Waals surface area contributed by atoms with E-state index >= 15 is 0 Å². The highest BCUT2D eigenvalue weighted by Crippen LogP contribution is 2.07. The van der Waals surface area contributed by atoms with Crippen molar-refractivity contribution in [1.82, 2.24) is 10.6 Å². The first-order valence-electron chi connectivity index (χ1n) is 8.84. The Hall–Kier alpha value is -2.08. The number of aliphatic hydroxyl groups excluding tert-OH is 1. The lowest BCUT2D eigenvalue weighted by Gasteiger charge is -2.23. The van der Waals surface area contributed by atoms with Gasteiger partial charge in [-0.3, -0.25) is 4.79 Å². The molecule has 1 rings (SSSR count). The molecule has 0 fully saturated rings. The molecule has 0 aliphatic rings. The van der Waals surface area contributed by atoms with Crippen LogP contribution in [-0.4, -0.2) is 35.8 Å². The van der Waals surface area contributed by atoms with Gasteiger partial charge in [0.15, 0.2) is 0 Å². The van der Waals surface area contributed by atoms with Crippen molar-refractivity contribution in [3.05, 3.63) is 35.9 Å². The maximum absolute atomic E-state index is 12.4. The molecule has 2 atom stereocenters. The highest BCUT2D eigenvalue weighted by molar-refractivity contribution is 5.85. The van der Waals surface area contributed by atoms with E-state index in [1.165, 1.54) is 0 Å². The van der Waals surface area contributed by atoms with E-state index in [0.29, 0.717) is 12.8 Å². The minimum Gasteiger partial charge on any atom is -0.445 e. The van der Waals surface area contributed by atoms with Gasteiger partial charge in [0.25, 0.3) is 0 Å². The van der Waals surface area contributed by atoms with Crippen molar-refractivity contribution in [1.29, 1.82) is 0 Å². The zero-order valence-corrected chi connectivity index (χ0v) is 15.3. The van der Waals surface area contributed by atoms with Crippen LogP contribution in [0, 0.1) is 5.92 Å². The average molecular weight is 350 g/mol. The molecule has 3 N–H and O–H groups in total. The molecule has 1 aromatic rings. The van der Waals surface area contributed by atoms with Gasteiger partial charge in [0, 0.05) is 0 Å². The van der Waals surface area contributed by atoms with E-state index in [2.05, 4.69) is 10.6 Å². The summed E-state index contributed by atoms with van der Waals surface area (Å²) in [7, 11) is 0. The van der Waals surface area contributed by atoms with Gasteiger partial charge in [-0.2, -0.15) is 0 Å². The molecule has 1 aromatic carbocycles. The second kappa shape index (κ2) is 11.5. The van der Waals surface area contributed by atoms with Gasteiger partial charge in [0.05, 0.1) is 12.6 Å². The number of hydrogen-bond acceptors (Lipinski definition) is 4. The Morgan fingerprint density at radius 1 is 1.16 bits per heavy atom. The van der Waals surface area contributed by atoms with Crippen molar-refractivity contribution in [2.45, 2.75) is 58.7 Å². The standard InChI is InChI=1S/C19H30N2O4/c1-4-8-16(12-22)20-18(23)17(11-14(2)3)21-19(24)25-13-15-9-6-5-7-10-15/h5-7,9-10,14,16-17,22H,4,8,11-13H2,1-3H3,(H,20,23)(H,21,24)/t16-,17-/m0/s1. The second-order valence-electron chi connectivity index (χ2n) is 6.56. The van der Waals surface area contributed by atoms with Crippen LogP contribution in [0.15, 0.2) is 30.3 Å². The predicted octanol–water partition coefficient (Wildman–Crippen LogP) is 2.60. The third-order valence-corrected chi connectivity index (χ3v) is 3.73. The number of rotatable bonds is 10. The molecule has 140 valence electrons. The molecule has 0 heterocycles. The number of hydrogen-bond donors (Lipinski definition) is 3. The van der Waals surface area contributed by atoms with Crippen LogP contribution in [0.5, 0.6) is 0 Å². The molecular weight excluding hydrogens is 320 g/mol. The minimum absolute atomic E-state index is 0.119. The van der Waals surface area contributed by atoms with Gasteiger partial charge in [-0.05, 0) is 24.3 Å². The number of carbonyl (C=O) groups is 2. The van der Waals surface area contributed by atoms with Crippen LogP contribution in [0.3, 0.4) is 0 Å². The lowest BCUT2D eigenvalue weighted by Crippen LogP contribution is -2.51. The highest BCUT2D eigenvalue weighted by atomic mass is 16.5. The largest absolute Gasteiger partial charge is 0.445 e. The first kappa shape index (κ1) is 21.0. The third kappa shape index (κ3) is 8.54. The normalized spacial score (nSPS) is 13.2. The number of alkyl carbamates (subject to hydrolysis) is 1. The van der Waals surface area contributed by atoms with Crippen LogP contribution in [0.4, 0.5) is 4.79 Å². The van der Waals surface area contributed by atoms with Gasteiger partial charge in [-0.15, -0.1) is 0 Å². The zero-order valence-electron chi connectivity index (χ0n) is 15.3. The number of carbonyl (C=O) groups excluding carboxylic acids is 2. The molecule has 0 aliphatic carbocycles. The van der Waals surface area contributed by atoms with Crippen molar-refractivity contribution < 1.29 is 19.4 Å². The van der Waals surface area contributed by atoms with E-state index in [4.69, 9.17) is 4.74 Å². The van der Waals surface area contributed by atoms with Crippen molar-refractivity contribution in [2.24, 2.45) is 5.92 Å². The molecular formula is C19H30N2O4. The van der Waals surface area contributed by atoms with Crippen molar-refractivity contribution in [3.8, 4) is 0 Å². The number of amides is 2. The number of benzene rings is 1. The summed E-state index contributed by atoms with van der Waals surface area (Å²) in [4.78, 5) is 24.5. The Bertz CT molecular complexity index is 519. The Labute approximate surface area is 150 Å². The summed E-state index contributed by atoms with van der Waals surface area (Å²) >= 11 is 0. The maximum Gasteiger partial charge on any atom is 0.408 e. The van der Waals surface area contributed by atoms with Crippen LogP contribution >= 0.6 is 0 Å². The first-order chi connectivity index (χ1) is 12.0. The fraction of sp³-hybridized carbons (Fsp3) is 0.579. The monoisotopic (exact) mass is 350 g/mol. The molecule has 6 heteroatoms. The van der Waals surface area contributed by atoms with Crippen LogP contribution in [0.2, 0.25) is 0 Å². The minimum atomic E-state index is -0.686. The van der Waals surface area contributed by atoms with Gasteiger partial charge in [0.1, 0.15) is 12.6 Å². The number of aliphatic hydroxyl groups is 1. The molecule has 0 unspecified atom stereocenters. The van der Waals surface area contributed by atoms with Crippen LogP contribution in [0.1, 0.15) is 45.6 Å². The van der Waals surface area contributed by atoms with Crippen molar-refractivity contribution in [2.75, 3.05) is 6.61 Å². The van der Waals surface area contributed by atoms with Gasteiger partial charge < -0.3 is 20.5 Å². The van der Waals surface area contributed by atoms with E-state index in [-0.39, 0.29) is 31.1 Å². The van der Waals surface area contributed by atoms with Gasteiger partial charge in [-0.1, -0.05) is 57.5 Å². The Kier molecular flexibility index (Phi) is 9.62. The van der Waals surface area contributed by atoms with Gasteiger partial charge in [-0.25, -0.2) is 4.79 Å². The summed E-state index contributed by atoms with van der Waals surface area (Å²) < 4.78 is 5.19. The smallest absolute Gasteiger partial charge is 0.408 e. The summed E-state index contributed by atoms with van der Waals surface area (Å²) in [6.45, 7) is 5.98. The predicted molar refractivity (Wildman–Crippen MR) is 96.9 cm³/mol. The van der Waals surface area contributed by atoms with Crippen LogP contribution < -0.4 is 10.6 Å². The average Bonchev–Trinajstić information content (AvgIpc) is 2.59. The maximum atomic E-state index is 12.4. The quantitative estimate of drug-likeness (QED) is 0.605. The van der Waals surface area contributed by atoms with Crippen LogP contribution in [0.25, 0.3) is 0 Å². The summed E-state index contributed by atoms with van der Waals surface area (Å²) in [5, 5.41) is 14.8. The molecule has 0 aromatic heterocycles. The molecule has 0 radical (unpaired) electrons. The highest BCUT2D eigenvalue weighted by Gasteiger charge is 2.24. The second-order valence-corrected chi connectivity index (χ2v) is 6.56. The Morgan fingerprint density at radius 3 is 2.40 bits per heavy atom. The zero-order chi connectivity index (χ0) is 18.7.